The third kappa shape index (κ3) is 59.2. The van der Waals surface area contributed by atoms with E-state index in [-0.39, 0.29) is 23.1 Å². The zero-order valence-electron chi connectivity index (χ0n) is 33.1. The first kappa shape index (κ1) is 55.0. The number of hydrogen-bond acceptors (Lipinski definition) is 8. The Balaban J connectivity index is -0.000000886. The Bertz CT molecular complexity index is 864. The van der Waals surface area contributed by atoms with Crippen LogP contribution in [0.1, 0.15) is 232 Å². The third-order valence-electron chi connectivity index (χ3n) is 8.99. The van der Waals surface area contributed by atoms with Crippen molar-refractivity contribution in [2.75, 3.05) is 0 Å². The molecule has 8 nitrogen and oxygen atoms in total. The fraction of sp³-hybridized carbons (Fsp3) is 0.900. The molecule has 0 amide bonds. The Kier molecular flexibility index (Phi) is 47.5. The molecule has 0 saturated carbocycles. The molecule has 0 radical (unpaired) electrons. The summed E-state index contributed by atoms with van der Waals surface area (Å²) in [5.41, 5.74) is 0. The molecule has 0 atom stereocenters. The SMILES string of the molecule is CCCCCCCCCCCCCCCCCC/C=C/OS(=O)(=O)[O-].CCCCCCCCCCCCCCCCCC/C=C/OS(=O)(=O)[O-].[Mg+2]. The Morgan fingerprint density at radius 2 is 0.529 bits per heavy atom. The number of allylic oxidation sites excluding steroid dienone is 2. The summed E-state index contributed by atoms with van der Waals surface area (Å²) in [7, 11) is -9.17. The molecule has 51 heavy (non-hydrogen) atoms. The second-order valence-corrected chi connectivity index (χ2v) is 16.0. The second-order valence-electron chi connectivity index (χ2n) is 13.9. The molecule has 11 heteroatoms. The average Bonchev–Trinajstić information content (AvgIpc) is 3.06. The summed E-state index contributed by atoms with van der Waals surface area (Å²) in [5, 5.41) is 0. The smallest absolute Gasteiger partial charge is 0.716 e. The van der Waals surface area contributed by atoms with E-state index < -0.39 is 20.8 Å². The van der Waals surface area contributed by atoms with Gasteiger partial charge in [0.25, 0.3) is 20.8 Å². The number of rotatable bonds is 38. The molecule has 0 bridgehead atoms. The largest absolute Gasteiger partial charge is 2.00 e. The maximum atomic E-state index is 10.2. The monoisotopic (exact) mass is 774 g/mol. The maximum Gasteiger partial charge on any atom is 2.00 e. The molecule has 0 aliphatic rings. The predicted octanol–water partition coefficient (Wildman–Crippen LogP) is 12.9. The van der Waals surface area contributed by atoms with Crippen LogP contribution in [-0.4, -0.2) is 49.0 Å². The summed E-state index contributed by atoms with van der Waals surface area (Å²) in [6.45, 7) is 4.53. The van der Waals surface area contributed by atoms with Gasteiger partial charge in [-0.1, -0.05) is 206 Å². The van der Waals surface area contributed by atoms with E-state index in [0.717, 1.165) is 51.0 Å². The van der Waals surface area contributed by atoms with Crippen LogP contribution in [0.25, 0.3) is 0 Å². The molecule has 0 rings (SSSR count). The van der Waals surface area contributed by atoms with E-state index in [2.05, 4.69) is 22.2 Å². The van der Waals surface area contributed by atoms with Gasteiger partial charge in [0.05, 0.1) is 0 Å². The maximum absolute atomic E-state index is 10.2. The van der Waals surface area contributed by atoms with Gasteiger partial charge < -0.3 is 17.5 Å². The Hall–Kier alpha value is -0.334. The van der Waals surface area contributed by atoms with Gasteiger partial charge in [-0.15, -0.1) is 0 Å². The quantitative estimate of drug-likeness (QED) is 0.0199. The van der Waals surface area contributed by atoms with Crippen molar-refractivity contribution in [1.29, 1.82) is 0 Å². The minimum Gasteiger partial charge on any atom is -0.716 e. The molecule has 0 aliphatic carbocycles. The summed E-state index contributed by atoms with van der Waals surface area (Å²) in [5.74, 6) is 0. The van der Waals surface area contributed by atoms with Crippen LogP contribution in [-0.2, 0) is 29.2 Å². The zero-order chi connectivity index (χ0) is 37.3. The molecule has 0 saturated heterocycles. The van der Waals surface area contributed by atoms with Crippen LogP contribution < -0.4 is 0 Å². The molecule has 0 aromatic heterocycles. The van der Waals surface area contributed by atoms with E-state index in [1.54, 1.807) is 12.2 Å². The summed E-state index contributed by atoms with van der Waals surface area (Å²) < 4.78 is 69.1. The molecular formula is C40H78MgO8S2. The first-order valence-corrected chi connectivity index (χ1v) is 23.4. The first-order chi connectivity index (χ1) is 24.1. The van der Waals surface area contributed by atoms with Crippen LogP contribution in [0.5, 0.6) is 0 Å². The van der Waals surface area contributed by atoms with Gasteiger partial charge in [0.2, 0.25) is 0 Å². The van der Waals surface area contributed by atoms with Gasteiger partial charge in [-0.3, -0.25) is 0 Å². The summed E-state index contributed by atoms with van der Waals surface area (Å²) in [6, 6.07) is 0. The van der Waals surface area contributed by atoms with Crippen molar-refractivity contribution < 1.29 is 34.3 Å². The standard InChI is InChI=1S/2C20H40O4S.Mg/c2*1-2-3-4-5-6-7-8-9-10-11-12-13-14-15-16-17-18-19-20-24-25(21,22)23;/h2*19-20H,2-18H2,1H3,(H,21,22,23);/q;;+2/p-2/b2*20-19+;. The molecule has 0 N–H and O–H groups in total. The van der Waals surface area contributed by atoms with Crippen LogP contribution in [0.2, 0.25) is 0 Å². The van der Waals surface area contributed by atoms with Crippen molar-refractivity contribution in [1.82, 2.24) is 0 Å². The Morgan fingerprint density at radius 3 is 0.706 bits per heavy atom. The van der Waals surface area contributed by atoms with Crippen molar-refractivity contribution >= 4 is 43.9 Å². The van der Waals surface area contributed by atoms with Crippen LogP contribution in [0.4, 0.5) is 0 Å². The molecule has 0 aromatic rings. The summed E-state index contributed by atoms with van der Waals surface area (Å²) >= 11 is 0. The fourth-order valence-electron chi connectivity index (χ4n) is 5.97. The minimum atomic E-state index is -4.58. The van der Waals surface area contributed by atoms with Gasteiger partial charge in [0.15, 0.2) is 0 Å². The minimum absolute atomic E-state index is 0. The van der Waals surface area contributed by atoms with E-state index in [1.165, 1.54) is 180 Å². The predicted molar refractivity (Wildman–Crippen MR) is 214 cm³/mol. The van der Waals surface area contributed by atoms with Gasteiger partial charge in [-0.05, 0) is 37.8 Å². The van der Waals surface area contributed by atoms with Crippen molar-refractivity contribution in [3.8, 4) is 0 Å². The molecule has 0 unspecified atom stereocenters. The van der Waals surface area contributed by atoms with Crippen LogP contribution in [0.15, 0.2) is 24.7 Å². The van der Waals surface area contributed by atoms with Gasteiger partial charge in [-0.2, -0.15) is 0 Å². The van der Waals surface area contributed by atoms with E-state index in [4.69, 9.17) is 0 Å². The molecule has 0 aromatic carbocycles. The zero-order valence-corrected chi connectivity index (χ0v) is 36.2. The summed E-state index contributed by atoms with van der Waals surface area (Å²) in [4.78, 5) is 0. The molecule has 0 heterocycles. The van der Waals surface area contributed by atoms with Crippen molar-refractivity contribution in [2.45, 2.75) is 232 Å². The van der Waals surface area contributed by atoms with Crippen molar-refractivity contribution in [2.24, 2.45) is 0 Å². The molecule has 0 spiro atoms. The normalized spacial score (nSPS) is 11.8. The fourth-order valence-corrected chi connectivity index (χ4v) is 6.40. The summed E-state index contributed by atoms with van der Waals surface area (Å²) in [6.07, 6.45) is 49.4. The first-order valence-electron chi connectivity index (χ1n) is 20.7. The van der Waals surface area contributed by atoms with Gasteiger partial charge in [-0.25, -0.2) is 16.8 Å². The number of hydrogen-bond donors (Lipinski definition) is 0. The van der Waals surface area contributed by atoms with Crippen molar-refractivity contribution in [3.05, 3.63) is 24.7 Å². The van der Waals surface area contributed by atoms with Gasteiger partial charge in [0.1, 0.15) is 12.5 Å². The van der Waals surface area contributed by atoms with E-state index in [9.17, 15) is 25.9 Å². The van der Waals surface area contributed by atoms with E-state index in [0.29, 0.717) is 0 Å². The number of unbranched alkanes of at least 4 members (excludes halogenated alkanes) is 32. The molecule has 0 aliphatic heterocycles. The van der Waals surface area contributed by atoms with Gasteiger partial charge >= 0.3 is 23.1 Å². The van der Waals surface area contributed by atoms with Crippen LogP contribution in [0, 0.1) is 0 Å². The molecular weight excluding hydrogens is 697 g/mol. The average molecular weight is 775 g/mol. The van der Waals surface area contributed by atoms with Crippen LogP contribution in [0.3, 0.4) is 0 Å². The van der Waals surface area contributed by atoms with E-state index >= 15 is 0 Å². The molecule has 300 valence electrons. The van der Waals surface area contributed by atoms with Crippen LogP contribution >= 0.6 is 0 Å². The Morgan fingerprint density at radius 1 is 0.353 bits per heavy atom. The topological polar surface area (TPSA) is 133 Å². The molecule has 0 fully saturated rings. The van der Waals surface area contributed by atoms with E-state index in [1.807, 2.05) is 0 Å². The second kappa shape index (κ2) is 44.1. The van der Waals surface area contributed by atoms with Gasteiger partial charge in [0, 0.05) is 0 Å². The Labute approximate surface area is 333 Å². The third-order valence-corrected chi connectivity index (χ3v) is 9.68. The van der Waals surface area contributed by atoms with Crippen molar-refractivity contribution in [3.63, 3.8) is 0 Å².